The Hall–Kier alpha value is -0.332. The van der Waals surface area contributed by atoms with Crippen molar-refractivity contribution in [1.82, 2.24) is 15.1 Å². The molecule has 14 heteroatoms. The fourth-order valence-corrected chi connectivity index (χ4v) is 1.68. The van der Waals surface area contributed by atoms with E-state index in [4.69, 9.17) is 23.1 Å². The van der Waals surface area contributed by atoms with Gasteiger partial charge in [0, 0.05) is 26.2 Å². The Morgan fingerprint density at radius 3 is 1.30 bits per heavy atom. The maximum atomic E-state index is 10.7. The van der Waals surface area contributed by atoms with Gasteiger partial charge >= 0.3 is 26.6 Å². The van der Waals surface area contributed by atoms with E-state index in [1.807, 2.05) is 0 Å². The van der Waals surface area contributed by atoms with Crippen LogP contribution in [0.25, 0.3) is 0 Å². The van der Waals surface area contributed by atoms with Gasteiger partial charge in [-0.15, -0.1) is 5.34 Å². The Bertz CT molecular complexity index is 409. The molecule has 0 aliphatic rings. The molecular formula is C13H29F3N4O5PtS. The van der Waals surface area contributed by atoms with E-state index < -0.39 is 15.6 Å². The van der Waals surface area contributed by atoms with Gasteiger partial charge in [0.2, 0.25) is 0 Å². The Kier molecular flexibility index (Phi) is 25.8. The first-order chi connectivity index (χ1) is 11.9. The van der Waals surface area contributed by atoms with E-state index >= 15 is 0 Å². The van der Waals surface area contributed by atoms with Crippen molar-refractivity contribution < 1.29 is 47.2 Å². The molecule has 168 valence electrons. The van der Waals surface area contributed by atoms with Gasteiger partial charge in [-0.25, -0.2) is 8.42 Å². The van der Waals surface area contributed by atoms with Gasteiger partial charge in [-0.1, -0.05) is 27.7 Å². The summed E-state index contributed by atoms with van der Waals surface area (Å²) < 4.78 is 58.9. The van der Waals surface area contributed by atoms with E-state index in [0.717, 1.165) is 44.6 Å². The molecule has 1 N–H and O–H groups in total. The summed E-state index contributed by atoms with van der Waals surface area (Å²) in [6.07, 6.45) is 0. The number of nitrogens with one attached hydrogen (secondary N) is 1. The van der Waals surface area contributed by atoms with Gasteiger partial charge in [0.25, 0.3) is 0 Å². The van der Waals surface area contributed by atoms with Crippen LogP contribution in [0.4, 0.5) is 13.2 Å². The second-order valence-electron chi connectivity index (χ2n) is 4.78. The van der Waals surface area contributed by atoms with Crippen LogP contribution in [-0.4, -0.2) is 80.6 Å². The number of nitrogens with zero attached hydrogens (tertiary/aromatic N) is 3. The zero-order valence-electron chi connectivity index (χ0n) is 15.9. The van der Waals surface area contributed by atoms with Gasteiger partial charge in [0.05, 0.1) is 0 Å². The standard InChI is InChI=1S/C12H29N3.CHF3O3S.HNO2.Pt/c1-5-14(6-2)11-9-13-10-12-15(7-3)8-4;2-1(3,4)8(5,6)7;2-1-3;/h13H,5-12H2,1-4H3;(H,5,6,7);(H,2,3);/q;;;+2/p-2. The molecule has 9 nitrogen and oxygen atoms in total. The van der Waals surface area contributed by atoms with E-state index in [1.165, 1.54) is 13.1 Å². The average molecular weight is 606 g/mol. The maximum absolute atomic E-state index is 10.7. The predicted molar refractivity (Wildman–Crippen MR) is 93.4 cm³/mol. The molecule has 0 spiro atoms. The molecule has 0 amide bonds. The van der Waals surface area contributed by atoms with Crippen LogP contribution in [-0.2, 0) is 31.2 Å². The minimum atomic E-state index is -6.09. The van der Waals surface area contributed by atoms with E-state index in [1.54, 1.807) is 0 Å². The van der Waals surface area contributed by atoms with Crippen LogP contribution in [0.15, 0.2) is 5.34 Å². The van der Waals surface area contributed by atoms with Crippen LogP contribution in [0.3, 0.4) is 0 Å². The molecule has 0 bridgehead atoms. The Labute approximate surface area is 173 Å². The van der Waals surface area contributed by atoms with Crippen molar-refractivity contribution in [1.29, 1.82) is 0 Å². The van der Waals surface area contributed by atoms with Gasteiger partial charge in [-0.05, 0) is 26.2 Å². The molecular weight excluding hydrogens is 576 g/mol. The van der Waals surface area contributed by atoms with Gasteiger partial charge in [0.15, 0.2) is 10.1 Å². The van der Waals surface area contributed by atoms with Crippen LogP contribution in [0, 0.1) is 10.1 Å². The average Bonchev–Trinajstić information content (AvgIpc) is 2.54. The third-order valence-electron chi connectivity index (χ3n) is 3.28. The van der Waals surface area contributed by atoms with E-state index in [9.17, 15) is 13.2 Å². The van der Waals surface area contributed by atoms with Crippen molar-refractivity contribution in [3.05, 3.63) is 10.1 Å². The van der Waals surface area contributed by atoms with Crippen LogP contribution >= 0.6 is 0 Å². The number of alkyl halides is 3. The molecule has 0 fully saturated rings. The third kappa shape index (κ3) is 23.6. The summed E-state index contributed by atoms with van der Waals surface area (Å²) in [5, 5.41) is 12.5. The first-order valence-corrected chi connectivity index (χ1v) is 9.48. The summed E-state index contributed by atoms with van der Waals surface area (Å²) in [4.78, 5) is 12.9. The topological polar surface area (TPSA) is 128 Å². The minimum absolute atomic E-state index is 0. The molecule has 0 aromatic heterocycles. The quantitative estimate of drug-likeness (QED) is 0.131. The van der Waals surface area contributed by atoms with Crippen molar-refractivity contribution in [2.24, 2.45) is 5.34 Å². The van der Waals surface area contributed by atoms with Gasteiger partial charge in [0.1, 0.15) is 0 Å². The van der Waals surface area contributed by atoms with Crippen molar-refractivity contribution in [2.75, 3.05) is 52.4 Å². The summed E-state index contributed by atoms with van der Waals surface area (Å²) in [6, 6.07) is 0. The predicted octanol–water partition coefficient (Wildman–Crippen LogP) is 1.56. The van der Waals surface area contributed by atoms with E-state index in [2.05, 4.69) is 42.8 Å². The molecule has 0 aromatic carbocycles. The second kappa shape index (κ2) is 20.4. The van der Waals surface area contributed by atoms with Gasteiger partial charge in [-0.3, -0.25) is 0 Å². The zero-order valence-corrected chi connectivity index (χ0v) is 19.0. The van der Waals surface area contributed by atoms with Crippen molar-refractivity contribution in [3.63, 3.8) is 0 Å². The summed E-state index contributed by atoms with van der Waals surface area (Å²) in [6.45, 7) is 18.1. The molecule has 0 atom stereocenters. The first kappa shape index (κ1) is 34.2. The van der Waals surface area contributed by atoms with Crippen LogP contribution < -0.4 is 5.32 Å². The van der Waals surface area contributed by atoms with Crippen LogP contribution in [0.2, 0.25) is 0 Å². The normalized spacial score (nSPS) is 11.0. The zero-order chi connectivity index (χ0) is 21.2. The summed E-state index contributed by atoms with van der Waals surface area (Å²) in [5.41, 5.74) is -5.65. The number of halogens is 3. The SMILES string of the molecule is CCN(CC)CCNCCN(CC)CC.O=N[O-].O=S(=O)([O-])C(F)(F)F.[Pt+2]. The summed E-state index contributed by atoms with van der Waals surface area (Å²) in [7, 11) is -6.09. The maximum Gasteiger partial charge on any atom is 2.00 e. The van der Waals surface area contributed by atoms with E-state index in [0.29, 0.717) is 0 Å². The second-order valence-corrected chi connectivity index (χ2v) is 6.15. The number of hydrogen-bond donors (Lipinski definition) is 1. The smallest absolute Gasteiger partial charge is 0.741 e. The number of rotatable bonds is 10. The van der Waals surface area contributed by atoms with Gasteiger partial charge < -0.3 is 29.8 Å². The molecule has 0 aliphatic heterocycles. The molecule has 0 heterocycles. The third-order valence-corrected chi connectivity index (χ3v) is 3.85. The molecule has 0 saturated carbocycles. The monoisotopic (exact) mass is 605 g/mol. The number of hydrogen-bond acceptors (Lipinski definition) is 9. The van der Waals surface area contributed by atoms with Gasteiger partial charge in [-0.2, -0.15) is 13.2 Å². The summed E-state index contributed by atoms with van der Waals surface area (Å²) >= 11 is 0. The Morgan fingerprint density at radius 2 is 1.15 bits per heavy atom. The fourth-order valence-electron chi connectivity index (χ4n) is 1.68. The minimum Gasteiger partial charge on any atom is -0.741 e. The molecule has 0 unspecified atom stereocenters. The fraction of sp³-hybridized carbons (Fsp3) is 1.00. The molecule has 0 saturated heterocycles. The van der Waals surface area contributed by atoms with Crippen molar-refractivity contribution in [3.8, 4) is 0 Å². The number of likely N-dealkylation sites (N-methyl/N-ethyl adjacent to an activating group) is 2. The molecule has 0 aliphatic carbocycles. The largest absolute Gasteiger partial charge is 2.00 e. The Balaban J connectivity index is -0.000000186. The van der Waals surface area contributed by atoms with Crippen LogP contribution in [0.1, 0.15) is 27.7 Å². The van der Waals surface area contributed by atoms with Crippen molar-refractivity contribution >= 4 is 10.1 Å². The molecule has 0 rings (SSSR count). The molecule has 27 heavy (non-hydrogen) atoms. The van der Waals surface area contributed by atoms with Crippen LogP contribution in [0.5, 0.6) is 0 Å². The molecule has 0 radical (unpaired) electrons. The van der Waals surface area contributed by atoms with Crippen molar-refractivity contribution in [2.45, 2.75) is 33.2 Å². The molecule has 0 aromatic rings. The Morgan fingerprint density at radius 1 is 0.926 bits per heavy atom. The first-order valence-electron chi connectivity index (χ1n) is 8.07. The van der Waals surface area contributed by atoms with E-state index in [-0.39, 0.29) is 21.1 Å². The summed E-state index contributed by atoms with van der Waals surface area (Å²) in [5.74, 6) is 0.